The van der Waals surface area contributed by atoms with E-state index in [0.29, 0.717) is 67.4 Å². The number of para-hydroxylation sites is 2. The molecular formula is C22H28N2O6. The molecule has 0 radical (unpaired) electrons. The molecule has 8 nitrogen and oxygen atoms in total. The van der Waals surface area contributed by atoms with Gasteiger partial charge in [-0.15, -0.1) is 0 Å². The van der Waals surface area contributed by atoms with Gasteiger partial charge in [0, 0.05) is 12.1 Å². The van der Waals surface area contributed by atoms with Crippen molar-refractivity contribution in [2.24, 2.45) is 0 Å². The number of carbonyl (C=O) groups is 1. The number of amides is 2. The number of urea groups is 1. The van der Waals surface area contributed by atoms with Crippen LogP contribution in [-0.4, -0.2) is 45.1 Å². The van der Waals surface area contributed by atoms with Gasteiger partial charge in [-0.25, -0.2) is 4.79 Å². The molecule has 1 unspecified atom stereocenters. The van der Waals surface area contributed by atoms with Crippen LogP contribution in [0.3, 0.4) is 0 Å². The maximum absolute atomic E-state index is 12.4. The first kappa shape index (κ1) is 21.4. The zero-order valence-corrected chi connectivity index (χ0v) is 17.5. The normalized spacial score (nSPS) is 14.6. The van der Waals surface area contributed by atoms with Crippen LogP contribution < -0.4 is 34.3 Å². The lowest BCUT2D eigenvalue weighted by atomic mass is 10.2. The fraction of sp³-hybridized carbons (Fsp3) is 0.409. The monoisotopic (exact) mass is 416 g/mol. The highest BCUT2D eigenvalue weighted by Crippen LogP contribution is 2.40. The number of fused-ring (bicyclic) bond motifs is 1. The van der Waals surface area contributed by atoms with E-state index in [2.05, 4.69) is 10.6 Å². The zero-order valence-electron chi connectivity index (χ0n) is 17.5. The molecule has 2 aromatic carbocycles. The number of benzene rings is 2. The van der Waals surface area contributed by atoms with Crippen LogP contribution in [0, 0.1) is 0 Å². The molecule has 2 aromatic rings. The number of anilines is 1. The van der Waals surface area contributed by atoms with Crippen molar-refractivity contribution in [3.05, 3.63) is 36.4 Å². The minimum Gasteiger partial charge on any atom is -0.490 e. The Bertz CT molecular complexity index is 830. The third-order valence-corrected chi connectivity index (χ3v) is 4.22. The lowest BCUT2D eigenvalue weighted by molar-refractivity contribution is 0.0922. The minimum atomic E-state index is -0.369. The third-order valence-electron chi connectivity index (χ3n) is 4.22. The lowest BCUT2D eigenvalue weighted by Gasteiger charge is -2.26. The predicted molar refractivity (Wildman–Crippen MR) is 113 cm³/mol. The predicted octanol–water partition coefficient (Wildman–Crippen LogP) is 3.84. The van der Waals surface area contributed by atoms with Gasteiger partial charge in [-0.05, 0) is 32.9 Å². The molecule has 30 heavy (non-hydrogen) atoms. The summed E-state index contributed by atoms with van der Waals surface area (Å²) in [5.74, 6) is 2.94. The molecule has 0 aromatic heterocycles. The Kier molecular flexibility index (Phi) is 7.48. The Labute approximate surface area is 176 Å². The van der Waals surface area contributed by atoms with Gasteiger partial charge in [0.15, 0.2) is 29.1 Å². The molecule has 1 atom stereocenters. The summed E-state index contributed by atoms with van der Waals surface area (Å²) in [6, 6.07) is 10.5. The van der Waals surface area contributed by atoms with Gasteiger partial charge in [0.25, 0.3) is 0 Å². The molecule has 0 saturated heterocycles. The minimum absolute atomic E-state index is 0.274. The maximum atomic E-state index is 12.4. The summed E-state index contributed by atoms with van der Waals surface area (Å²) in [5.41, 5.74) is 0.536. The molecular weight excluding hydrogens is 388 g/mol. The van der Waals surface area contributed by atoms with Crippen molar-refractivity contribution < 1.29 is 28.5 Å². The van der Waals surface area contributed by atoms with E-state index in [-0.39, 0.29) is 12.1 Å². The van der Waals surface area contributed by atoms with Crippen LogP contribution in [-0.2, 0) is 0 Å². The highest BCUT2D eigenvalue weighted by Gasteiger charge is 2.21. The van der Waals surface area contributed by atoms with E-state index in [1.165, 1.54) is 0 Å². The lowest BCUT2D eigenvalue weighted by Crippen LogP contribution is -2.42. The fourth-order valence-electron chi connectivity index (χ4n) is 3.01. The van der Waals surface area contributed by atoms with Crippen LogP contribution in [0.15, 0.2) is 36.4 Å². The van der Waals surface area contributed by atoms with Crippen LogP contribution in [0.5, 0.6) is 28.7 Å². The van der Waals surface area contributed by atoms with Crippen LogP contribution in [0.2, 0.25) is 0 Å². The summed E-state index contributed by atoms with van der Waals surface area (Å²) >= 11 is 0. The molecule has 2 amide bonds. The second-order valence-corrected chi connectivity index (χ2v) is 6.43. The van der Waals surface area contributed by atoms with Gasteiger partial charge in [-0.3, -0.25) is 0 Å². The van der Waals surface area contributed by atoms with Crippen molar-refractivity contribution >= 4 is 11.7 Å². The molecule has 8 heteroatoms. The summed E-state index contributed by atoms with van der Waals surface area (Å²) in [5, 5.41) is 5.61. The molecule has 162 valence electrons. The van der Waals surface area contributed by atoms with Crippen molar-refractivity contribution in [2.75, 3.05) is 38.3 Å². The van der Waals surface area contributed by atoms with Crippen molar-refractivity contribution in [3.63, 3.8) is 0 Å². The van der Waals surface area contributed by atoms with Crippen LogP contribution in [0.4, 0.5) is 10.5 Å². The molecule has 1 heterocycles. The quantitative estimate of drug-likeness (QED) is 0.646. The summed E-state index contributed by atoms with van der Waals surface area (Å²) in [6.07, 6.45) is -0.274. The molecule has 0 fully saturated rings. The standard InChI is InChI=1S/C22H28N2O6/c1-4-26-19-11-15(12-20(27-5-2)21(19)28-6-3)24-22(25)23-13-16-14-29-17-9-7-8-10-18(17)30-16/h7-12,16H,4-6,13-14H2,1-3H3,(H2,23,24,25). The van der Waals surface area contributed by atoms with Crippen molar-refractivity contribution in [2.45, 2.75) is 26.9 Å². The number of carbonyl (C=O) groups excluding carboxylic acids is 1. The van der Waals surface area contributed by atoms with Crippen molar-refractivity contribution in [1.82, 2.24) is 5.32 Å². The maximum Gasteiger partial charge on any atom is 0.319 e. The summed E-state index contributed by atoms with van der Waals surface area (Å²) in [4.78, 5) is 12.4. The van der Waals surface area contributed by atoms with Gasteiger partial charge in [-0.2, -0.15) is 0 Å². The van der Waals surface area contributed by atoms with E-state index >= 15 is 0 Å². The summed E-state index contributed by atoms with van der Waals surface area (Å²) in [6.45, 7) is 7.71. The average molecular weight is 416 g/mol. The molecule has 1 aliphatic heterocycles. The van der Waals surface area contributed by atoms with Gasteiger partial charge in [0.05, 0.1) is 32.1 Å². The summed E-state index contributed by atoms with van der Waals surface area (Å²) < 4.78 is 28.5. The molecule has 0 spiro atoms. The molecule has 1 aliphatic rings. The van der Waals surface area contributed by atoms with Gasteiger partial charge in [-0.1, -0.05) is 12.1 Å². The van der Waals surface area contributed by atoms with E-state index in [9.17, 15) is 4.79 Å². The first-order chi connectivity index (χ1) is 14.6. The Morgan fingerprint density at radius 1 is 1.00 bits per heavy atom. The second-order valence-electron chi connectivity index (χ2n) is 6.43. The SMILES string of the molecule is CCOc1cc(NC(=O)NCC2COc3ccccc3O2)cc(OCC)c1OCC. The zero-order chi connectivity index (χ0) is 21.3. The highest BCUT2D eigenvalue weighted by atomic mass is 16.6. The smallest absolute Gasteiger partial charge is 0.319 e. The molecule has 0 aliphatic carbocycles. The van der Waals surface area contributed by atoms with Gasteiger partial charge < -0.3 is 34.3 Å². The first-order valence-electron chi connectivity index (χ1n) is 10.1. The third kappa shape index (κ3) is 5.40. The fourth-order valence-corrected chi connectivity index (χ4v) is 3.01. The van der Waals surface area contributed by atoms with E-state index in [4.69, 9.17) is 23.7 Å². The number of rotatable bonds is 9. The molecule has 3 rings (SSSR count). The van der Waals surface area contributed by atoms with Gasteiger partial charge >= 0.3 is 6.03 Å². The average Bonchev–Trinajstić information content (AvgIpc) is 2.75. The van der Waals surface area contributed by atoms with Crippen LogP contribution >= 0.6 is 0 Å². The van der Waals surface area contributed by atoms with Crippen molar-refractivity contribution in [3.8, 4) is 28.7 Å². The molecule has 0 saturated carbocycles. The van der Waals surface area contributed by atoms with E-state index in [1.54, 1.807) is 12.1 Å². The molecule has 2 N–H and O–H groups in total. The molecule has 0 bridgehead atoms. The van der Waals surface area contributed by atoms with E-state index in [0.717, 1.165) is 0 Å². The van der Waals surface area contributed by atoms with Crippen LogP contribution in [0.1, 0.15) is 20.8 Å². The Balaban J connectivity index is 1.63. The second kappa shape index (κ2) is 10.5. The van der Waals surface area contributed by atoms with Crippen LogP contribution in [0.25, 0.3) is 0 Å². The number of ether oxygens (including phenoxy) is 5. The largest absolute Gasteiger partial charge is 0.490 e. The number of hydrogen-bond acceptors (Lipinski definition) is 6. The first-order valence-corrected chi connectivity index (χ1v) is 10.1. The summed E-state index contributed by atoms with van der Waals surface area (Å²) in [7, 11) is 0. The Morgan fingerprint density at radius 3 is 2.27 bits per heavy atom. The van der Waals surface area contributed by atoms with E-state index in [1.807, 2.05) is 45.0 Å². The Hall–Kier alpha value is -3.29. The number of hydrogen-bond donors (Lipinski definition) is 2. The van der Waals surface area contributed by atoms with Gasteiger partial charge in [0.1, 0.15) is 6.61 Å². The topological polar surface area (TPSA) is 87.3 Å². The number of nitrogens with one attached hydrogen (secondary N) is 2. The van der Waals surface area contributed by atoms with Gasteiger partial charge in [0.2, 0.25) is 5.75 Å². The van der Waals surface area contributed by atoms with Crippen molar-refractivity contribution in [1.29, 1.82) is 0 Å². The van der Waals surface area contributed by atoms with E-state index < -0.39 is 0 Å². The highest BCUT2D eigenvalue weighted by molar-refractivity contribution is 5.90. The Morgan fingerprint density at radius 2 is 1.63 bits per heavy atom.